The standard InChI is InChI=1S/C16H16Cl2N2O/c1-20(11-12-5-3-2-4-6-12)16(21)10-19-13-7-8-14(17)15(18)9-13/h2-9,19H,10-11H2,1H3. The molecule has 0 unspecified atom stereocenters. The first-order chi connectivity index (χ1) is 10.1. The van der Waals surface area contributed by atoms with E-state index in [2.05, 4.69) is 5.32 Å². The van der Waals surface area contributed by atoms with Crippen molar-refractivity contribution in [1.29, 1.82) is 0 Å². The number of nitrogens with zero attached hydrogens (tertiary/aromatic N) is 1. The number of likely N-dealkylation sites (N-methyl/N-ethyl adjacent to an activating group) is 1. The number of benzene rings is 2. The Balaban J connectivity index is 1.87. The van der Waals surface area contributed by atoms with Gasteiger partial charge in [-0.25, -0.2) is 0 Å². The van der Waals surface area contributed by atoms with Gasteiger partial charge in [-0.1, -0.05) is 53.5 Å². The summed E-state index contributed by atoms with van der Waals surface area (Å²) in [5.74, 6) is 0.00456. The fourth-order valence-corrected chi connectivity index (χ4v) is 2.16. The van der Waals surface area contributed by atoms with Crippen LogP contribution in [0.15, 0.2) is 48.5 Å². The first-order valence-electron chi connectivity index (χ1n) is 6.53. The van der Waals surface area contributed by atoms with Gasteiger partial charge in [0.2, 0.25) is 5.91 Å². The first kappa shape index (κ1) is 15.7. The zero-order valence-electron chi connectivity index (χ0n) is 11.6. The van der Waals surface area contributed by atoms with Crippen LogP contribution >= 0.6 is 23.2 Å². The van der Waals surface area contributed by atoms with Crippen molar-refractivity contribution in [2.24, 2.45) is 0 Å². The highest BCUT2D eigenvalue weighted by molar-refractivity contribution is 6.42. The number of hydrogen-bond donors (Lipinski definition) is 1. The molecule has 0 atom stereocenters. The maximum absolute atomic E-state index is 12.1. The number of nitrogens with one attached hydrogen (secondary N) is 1. The molecule has 2 rings (SSSR count). The summed E-state index contributed by atoms with van der Waals surface area (Å²) < 4.78 is 0. The van der Waals surface area contributed by atoms with E-state index < -0.39 is 0 Å². The Bertz CT molecular complexity index is 617. The van der Waals surface area contributed by atoms with Crippen molar-refractivity contribution in [3.8, 4) is 0 Å². The van der Waals surface area contributed by atoms with Crippen molar-refractivity contribution in [2.45, 2.75) is 6.54 Å². The smallest absolute Gasteiger partial charge is 0.241 e. The molecular formula is C16H16Cl2N2O. The molecule has 110 valence electrons. The average molecular weight is 323 g/mol. The van der Waals surface area contributed by atoms with Crippen LogP contribution in [0.3, 0.4) is 0 Å². The third kappa shape index (κ3) is 4.66. The van der Waals surface area contributed by atoms with Crippen LogP contribution in [0.25, 0.3) is 0 Å². The Kier molecular flexibility index (Phi) is 5.48. The van der Waals surface area contributed by atoms with E-state index in [9.17, 15) is 4.79 Å². The summed E-state index contributed by atoms with van der Waals surface area (Å²) in [5.41, 5.74) is 1.87. The van der Waals surface area contributed by atoms with Crippen LogP contribution in [-0.4, -0.2) is 24.4 Å². The summed E-state index contributed by atoms with van der Waals surface area (Å²) in [5, 5.41) is 4.00. The molecule has 0 bridgehead atoms. The molecule has 1 N–H and O–H groups in total. The highest BCUT2D eigenvalue weighted by Crippen LogP contribution is 2.24. The van der Waals surface area contributed by atoms with Crippen molar-refractivity contribution < 1.29 is 4.79 Å². The number of anilines is 1. The van der Waals surface area contributed by atoms with E-state index in [4.69, 9.17) is 23.2 Å². The summed E-state index contributed by atoms with van der Waals surface area (Å²) in [6.45, 7) is 0.796. The van der Waals surface area contributed by atoms with Gasteiger partial charge in [-0.05, 0) is 23.8 Å². The Morgan fingerprint density at radius 1 is 1.10 bits per heavy atom. The minimum absolute atomic E-state index is 0.00456. The van der Waals surface area contributed by atoms with Crippen molar-refractivity contribution in [3.05, 3.63) is 64.1 Å². The molecule has 2 aromatic rings. The molecule has 0 saturated heterocycles. The Hall–Kier alpha value is -1.71. The van der Waals surface area contributed by atoms with Crippen LogP contribution < -0.4 is 5.32 Å². The second kappa shape index (κ2) is 7.34. The molecule has 21 heavy (non-hydrogen) atoms. The SMILES string of the molecule is CN(Cc1ccccc1)C(=O)CNc1ccc(Cl)c(Cl)c1. The summed E-state index contributed by atoms with van der Waals surface area (Å²) in [4.78, 5) is 13.8. The molecule has 0 saturated carbocycles. The molecule has 2 aromatic carbocycles. The predicted molar refractivity (Wildman–Crippen MR) is 87.9 cm³/mol. The third-order valence-electron chi connectivity index (χ3n) is 3.05. The topological polar surface area (TPSA) is 32.3 Å². The van der Waals surface area contributed by atoms with Crippen LogP contribution in [0.1, 0.15) is 5.56 Å². The highest BCUT2D eigenvalue weighted by atomic mass is 35.5. The second-order valence-electron chi connectivity index (χ2n) is 4.72. The van der Waals surface area contributed by atoms with Crippen LogP contribution in [0, 0.1) is 0 Å². The number of halogens is 2. The lowest BCUT2D eigenvalue weighted by molar-refractivity contribution is -0.128. The summed E-state index contributed by atoms with van der Waals surface area (Å²) in [7, 11) is 1.78. The van der Waals surface area contributed by atoms with Gasteiger partial charge in [0, 0.05) is 19.3 Å². The second-order valence-corrected chi connectivity index (χ2v) is 5.53. The fourth-order valence-electron chi connectivity index (χ4n) is 1.86. The number of rotatable bonds is 5. The molecule has 0 aliphatic rings. The fraction of sp³-hybridized carbons (Fsp3) is 0.188. The van der Waals surface area contributed by atoms with Crippen LogP contribution in [0.2, 0.25) is 10.0 Å². The molecule has 0 fully saturated rings. The molecular weight excluding hydrogens is 307 g/mol. The third-order valence-corrected chi connectivity index (χ3v) is 3.79. The largest absolute Gasteiger partial charge is 0.376 e. The van der Waals surface area contributed by atoms with Crippen molar-refractivity contribution in [1.82, 2.24) is 4.90 Å². The lowest BCUT2D eigenvalue weighted by Crippen LogP contribution is -2.31. The van der Waals surface area contributed by atoms with E-state index in [0.717, 1.165) is 11.3 Å². The molecule has 0 spiro atoms. The van der Waals surface area contributed by atoms with Crippen molar-refractivity contribution in [2.75, 3.05) is 18.9 Å². The lowest BCUT2D eigenvalue weighted by Gasteiger charge is -2.18. The molecule has 0 heterocycles. The molecule has 0 aromatic heterocycles. The van der Waals surface area contributed by atoms with Crippen molar-refractivity contribution >= 4 is 34.8 Å². The number of carbonyl (C=O) groups excluding carboxylic acids is 1. The molecule has 5 heteroatoms. The van der Waals surface area contributed by atoms with Gasteiger partial charge in [0.1, 0.15) is 0 Å². The quantitative estimate of drug-likeness (QED) is 0.900. The van der Waals surface area contributed by atoms with Crippen LogP contribution in [0.4, 0.5) is 5.69 Å². The molecule has 0 aliphatic heterocycles. The van der Waals surface area contributed by atoms with E-state index in [-0.39, 0.29) is 12.5 Å². The Morgan fingerprint density at radius 2 is 1.81 bits per heavy atom. The number of hydrogen-bond acceptors (Lipinski definition) is 2. The molecule has 0 aliphatic carbocycles. The molecule has 0 radical (unpaired) electrons. The van der Waals surface area contributed by atoms with Crippen LogP contribution in [-0.2, 0) is 11.3 Å². The molecule has 3 nitrogen and oxygen atoms in total. The number of carbonyl (C=O) groups is 1. The highest BCUT2D eigenvalue weighted by Gasteiger charge is 2.09. The van der Waals surface area contributed by atoms with E-state index in [0.29, 0.717) is 16.6 Å². The Morgan fingerprint density at radius 3 is 2.48 bits per heavy atom. The zero-order chi connectivity index (χ0) is 15.2. The van der Waals surface area contributed by atoms with Gasteiger partial charge in [-0.3, -0.25) is 4.79 Å². The minimum atomic E-state index is 0.00456. The summed E-state index contributed by atoms with van der Waals surface area (Å²) in [6, 6.07) is 15.1. The van der Waals surface area contributed by atoms with Crippen LogP contribution in [0.5, 0.6) is 0 Å². The monoisotopic (exact) mass is 322 g/mol. The average Bonchev–Trinajstić information content (AvgIpc) is 2.49. The van der Waals surface area contributed by atoms with E-state index >= 15 is 0 Å². The predicted octanol–water partition coefficient (Wildman–Crippen LogP) is 4.06. The maximum Gasteiger partial charge on any atom is 0.241 e. The van der Waals surface area contributed by atoms with Gasteiger partial charge in [0.05, 0.1) is 16.6 Å². The Labute approximate surface area is 134 Å². The van der Waals surface area contributed by atoms with Gasteiger partial charge >= 0.3 is 0 Å². The van der Waals surface area contributed by atoms with Gasteiger partial charge < -0.3 is 10.2 Å². The van der Waals surface area contributed by atoms with Gasteiger partial charge in [-0.2, -0.15) is 0 Å². The molecule has 1 amide bonds. The van der Waals surface area contributed by atoms with Gasteiger partial charge in [0.25, 0.3) is 0 Å². The lowest BCUT2D eigenvalue weighted by atomic mass is 10.2. The normalized spacial score (nSPS) is 10.2. The number of amides is 1. The van der Waals surface area contributed by atoms with Gasteiger partial charge in [0.15, 0.2) is 0 Å². The zero-order valence-corrected chi connectivity index (χ0v) is 13.2. The van der Waals surface area contributed by atoms with E-state index in [1.807, 2.05) is 30.3 Å². The first-order valence-corrected chi connectivity index (χ1v) is 7.28. The summed E-state index contributed by atoms with van der Waals surface area (Å²) in [6.07, 6.45) is 0. The van der Waals surface area contributed by atoms with E-state index in [1.54, 1.807) is 30.1 Å². The van der Waals surface area contributed by atoms with E-state index in [1.165, 1.54) is 0 Å². The maximum atomic E-state index is 12.1. The van der Waals surface area contributed by atoms with Gasteiger partial charge in [-0.15, -0.1) is 0 Å². The minimum Gasteiger partial charge on any atom is -0.376 e. The van der Waals surface area contributed by atoms with Crippen molar-refractivity contribution in [3.63, 3.8) is 0 Å². The summed E-state index contributed by atoms with van der Waals surface area (Å²) >= 11 is 11.8.